The summed E-state index contributed by atoms with van der Waals surface area (Å²) < 4.78 is 0.695. The van der Waals surface area contributed by atoms with Crippen LogP contribution in [-0.2, 0) is 13.1 Å². The quantitative estimate of drug-likeness (QED) is 0.216. The SMILES string of the molecule is C.C.C.Clc1cncc(Cl)c1Br.Clc1cncc(Cl)c1N1CC2CC1CN(Cc1ccccc1)C2.c1ccc(CN2CC3CNC(C3)C2)cc1. The molecule has 4 saturated heterocycles. The fourth-order valence-corrected chi connectivity index (χ4v) is 8.43. The Morgan fingerprint density at radius 2 is 1.12 bits per heavy atom. The van der Waals surface area contributed by atoms with Crippen LogP contribution in [0.2, 0.25) is 20.1 Å². The number of hydrogen-bond donors (Lipinski definition) is 1. The fraction of sp³-hybridized carbons (Fsp3) is 0.436. The van der Waals surface area contributed by atoms with Gasteiger partial charge in [0.1, 0.15) is 0 Å². The van der Waals surface area contributed by atoms with Gasteiger partial charge >= 0.3 is 0 Å². The molecule has 2 aromatic carbocycles. The number of nitrogens with zero attached hydrogens (tertiary/aromatic N) is 5. The Bertz CT molecular complexity index is 1550. The highest BCUT2D eigenvalue weighted by atomic mass is 79.9. The molecule has 6 nitrogen and oxygen atoms in total. The number of nitrogens with one attached hydrogen (secondary N) is 1. The molecule has 4 fully saturated rings. The summed E-state index contributed by atoms with van der Waals surface area (Å²) in [6.07, 6.45) is 9.04. The van der Waals surface area contributed by atoms with Crippen LogP contribution in [0.3, 0.4) is 0 Å². The van der Waals surface area contributed by atoms with Crippen LogP contribution in [0.15, 0.2) is 89.9 Å². The zero-order valence-electron chi connectivity index (χ0n) is 26.1. The first-order chi connectivity index (χ1) is 22.8. The number of fused-ring (bicyclic) bond motifs is 4. The van der Waals surface area contributed by atoms with E-state index in [-0.39, 0.29) is 22.3 Å². The summed E-state index contributed by atoms with van der Waals surface area (Å²) >= 11 is 27.1. The number of rotatable bonds is 5. The lowest BCUT2D eigenvalue weighted by Gasteiger charge is -2.33. The fourth-order valence-electron chi connectivity index (χ4n) is 7.28. The maximum absolute atomic E-state index is 6.36. The molecule has 8 rings (SSSR count). The number of benzene rings is 2. The van der Waals surface area contributed by atoms with Crippen LogP contribution in [0.1, 0.15) is 46.2 Å². The van der Waals surface area contributed by atoms with E-state index in [0.29, 0.717) is 36.5 Å². The lowest BCUT2D eigenvalue weighted by Crippen LogP contribution is -2.42. The number of pyridine rings is 2. The summed E-state index contributed by atoms with van der Waals surface area (Å²) in [4.78, 5) is 15.4. The van der Waals surface area contributed by atoms with E-state index < -0.39 is 0 Å². The highest BCUT2D eigenvalue weighted by molar-refractivity contribution is 9.10. The van der Waals surface area contributed by atoms with Crippen LogP contribution in [0.4, 0.5) is 5.69 Å². The van der Waals surface area contributed by atoms with E-state index in [9.17, 15) is 0 Å². The topological polar surface area (TPSA) is 47.5 Å². The zero-order valence-corrected chi connectivity index (χ0v) is 30.7. The van der Waals surface area contributed by atoms with Crippen molar-refractivity contribution in [3.63, 3.8) is 0 Å². The van der Waals surface area contributed by atoms with Crippen molar-refractivity contribution in [2.75, 3.05) is 44.2 Å². The zero-order chi connectivity index (χ0) is 32.8. The lowest BCUT2D eigenvalue weighted by molar-refractivity contribution is 0.185. The normalized spacial score (nSPS) is 22.1. The van der Waals surface area contributed by atoms with Gasteiger partial charge in [0, 0.05) is 82.7 Å². The van der Waals surface area contributed by atoms with Crippen LogP contribution in [0.25, 0.3) is 0 Å². The molecular formula is C39H51BrCl4N6. The summed E-state index contributed by atoms with van der Waals surface area (Å²) in [7, 11) is 0. The first-order valence-corrected chi connectivity index (χ1v) is 18.4. The van der Waals surface area contributed by atoms with E-state index >= 15 is 0 Å². The van der Waals surface area contributed by atoms with E-state index in [4.69, 9.17) is 46.4 Å². The second kappa shape index (κ2) is 20.3. The maximum atomic E-state index is 6.36. The second-order valence-electron chi connectivity index (χ2n) is 12.8. The van der Waals surface area contributed by atoms with Crippen molar-refractivity contribution >= 4 is 68.0 Å². The van der Waals surface area contributed by atoms with Gasteiger partial charge < -0.3 is 10.2 Å². The number of halogens is 5. The Hall–Kier alpha value is -1.94. The van der Waals surface area contributed by atoms with Crippen molar-refractivity contribution in [3.05, 3.63) is 121 Å². The Morgan fingerprint density at radius 1 is 0.620 bits per heavy atom. The predicted molar refractivity (Wildman–Crippen MR) is 219 cm³/mol. The van der Waals surface area contributed by atoms with Crippen molar-refractivity contribution in [3.8, 4) is 0 Å². The molecule has 0 amide bonds. The van der Waals surface area contributed by atoms with Gasteiger partial charge in [-0.2, -0.15) is 0 Å². The summed E-state index contributed by atoms with van der Waals surface area (Å²) in [5.74, 6) is 1.57. The number of anilines is 1. The molecule has 11 heteroatoms. The number of hydrogen-bond acceptors (Lipinski definition) is 6. The van der Waals surface area contributed by atoms with Crippen molar-refractivity contribution in [1.82, 2.24) is 25.1 Å². The molecule has 6 heterocycles. The average Bonchev–Trinajstić information content (AvgIpc) is 3.57. The molecule has 272 valence electrons. The molecule has 0 spiro atoms. The van der Waals surface area contributed by atoms with Crippen molar-refractivity contribution in [1.29, 1.82) is 0 Å². The highest BCUT2D eigenvalue weighted by Crippen LogP contribution is 2.41. The molecule has 4 unspecified atom stereocenters. The summed E-state index contributed by atoms with van der Waals surface area (Å²) in [5, 5.41) is 5.96. The molecule has 50 heavy (non-hydrogen) atoms. The van der Waals surface area contributed by atoms with Gasteiger partial charge in [-0.05, 0) is 58.3 Å². The van der Waals surface area contributed by atoms with Crippen molar-refractivity contribution in [2.24, 2.45) is 11.8 Å². The molecule has 4 aromatic rings. The summed E-state index contributed by atoms with van der Waals surface area (Å²) in [5.41, 5.74) is 3.77. The Labute approximate surface area is 328 Å². The third kappa shape index (κ3) is 11.3. The standard InChI is InChI=1S/C18H19Cl2N3.C13H18N2.C5H2BrCl2N.3CH4/c19-16-7-21-8-17(20)18(16)23-11-14-6-15(23)12-22(10-14)9-13-4-2-1-3-5-13;1-2-4-11(5-3-1)8-15-9-12-6-13(10-15)14-7-12;6-5-3(7)1-9-2-4(5)8;;;/h1-5,7-8,14-15H,6,9-12H2;1-5,12-14H,6-10H2;1-2H;3*1H4. The first-order valence-electron chi connectivity index (χ1n) is 16.1. The van der Waals surface area contributed by atoms with E-state index in [0.717, 1.165) is 50.4 Å². The number of aromatic nitrogens is 2. The molecule has 4 aliphatic heterocycles. The third-order valence-corrected chi connectivity index (χ3v) is 11.6. The van der Waals surface area contributed by atoms with Crippen molar-refractivity contribution in [2.45, 2.75) is 60.3 Å². The first kappa shape index (κ1) is 42.5. The minimum Gasteiger partial charge on any atom is -0.364 e. The summed E-state index contributed by atoms with van der Waals surface area (Å²) in [6.45, 7) is 9.09. The molecular weight excluding hydrogens is 774 g/mol. The van der Waals surface area contributed by atoms with Gasteiger partial charge in [0.05, 0.1) is 30.3 Å². The predicted octanol–water partition coefficient (Wildman–Crippen LogP) is 10.6. The van der Waals surface area contributed by atoms with Crippen LogP contribution in [0.5, 0.6) is 0 Å². The van der Waals surface area contributed by atoms with Gasteiger partial charge in [0.2, 0.25) is 0 Å². The van der Waals surface area contributed by atoms with Crippen LogP contribution >= 0.6 is 62.3 Å². The van der Waals surface area contributed by atoms with Crippen LogP contribution in [0, 0.1) is 11.8 Å². The monoisotopic (exact) mass is 822 g/mol. The van der Waals surface area contributed by atoms with E-state index in [1.807, 2.05) is 0 Å². The van der Waals surface area contributed by atoms with E-state index in [2.05, 4.69) is 107 Å². The number of likely N-dealkylation sites (tertiary alicyclic amines) is 2. The number of piperidine rings is 2. The molecule has 4 aliphatic rings. The largest absolute Gasteiger partial charge is 0.364 e. The van der Waals surface area contributed by atoms with Crippen molar-refractivity contribution < 1.29 is 0 Å². The van der Waals surface area contributed by atoms with Gasteiger partial charge in [-0.1, -0.05) is 129 Å². The second-order valence-corrected chi connectivity index (χ2v) is 15.3. The Morgan fingerprint density at radius 3 is 1.64 bits per heavy atom. The smallest absolute Gasteiger partial charge is 0.0838 e. The Kier molecular flexibility index (Phi) is 17.3. The molecule has 0 radical (unpaired) electrons. The minimum absolute atomic E-state index is 0. The summed E-state index contributed by atoms with van der Waals surface area (Å²) in [6, 6.07) is 22.7. The third-order valence-electron chi connectivity index (χ3n) is 9.20. The molecule has 4 bridgehead atoms. The van der Waals surface area contributed by atoms with Gasteiger partial charge in [0.25, 0.3) is 0 Å². The average molecular weight is 826 g/mol. The van der Waals surface area contributed by atoms with Crippen LogP contribution in [-0.4, -0.2) is 71.1 Å². The molecule has 2 aromatic heterocycles. The van der Waals surface area contributed by atoms with Gasteiger partial charge in [-0.25, -0.2) is 0 Å². The molecule has 0 aliphatic carbocycles. The van der Waals surface area contributed by atoms with Gasteiger partial charge in [-0.3, -0.25) is 19.8 Å². The van der Waals surface area contributed by atoms with Gasteiger partial charge in [0.15, 0.2) is 0 Å². The van der Waals surface area contributed by atoms with E-state index in [1.54, 1.807) is 12.4 Å². The Balaban J connectivity index is 0.000000217. The lowest BCUT2D eigenvalue weighted by atomic mass is 9.99. The van der Waals surface area contributed by atoms with Crippen LogP contribution < -0.4 is 10.2 Å². The minimum atomic E-state index is 0. The highest BCUT2D eigenvalue weighted by Gasteiger charge is 2.40. The molecule has 1 N–H and O–H groups in total. The molecule has 0 saturated carbocycles. The van der Waals surface area contributed by atoms with E-state index in [1.165, 1.54) is 56.0 Å². The maximum Gasteiger partial charge on any atom is 0.0838 e. The van der Waals surface area contributed by atoms with Gasteiger partial charge in [-0.15, -0.1) is 0 Å². The molecule has 4 atom stereocenters.